The molecule has 4 atom stereocenters. The van der Waals surface area contributed by atoms with E-state index in [4.69, 9.17) is 0 Å². The van der Waals surface area contributed by atoms with Crippen molar-refractivity contribution in [2.75, 3.05) is 13.1 Å². The number of aliphatic hydroxyl groups excluding tert-OH is 2. The van der Waals surface area contributed by atoms with Gasteiger partial charge >= 0.3 is 0 Å². The highest BCUT2D eigenvalue weighted by molar-refractivity contribution is 7.86. The van der Waals surface area contributed by atoms with Gasteiger partial charge in [0.2, 0.25) is 11.8 Å². The molecular formula is C38H72N2O10S2. The normalized spacial score (nSPS) is 14.8. The average molecular weight is 781 g/mol. The zero-order chi connectivity index (χ0) is 39.1. The Kier molecular flexibility index (Phi) is 30.4. The topological polar surface area (TPSA) is 207 Å². The summed E-state index contributed by atoms with van der Waals surface area (Å²) in [6, 6.07) is 0. The Bertz CT molecular complexity index is 1100. The fourth-order valence-corrected chi connectivity index (χ4v) is 7.96. The van der Waals surface area contributed by atoms with E-state index in [2.05, 4.69) is 10.6 Å². The summed E-state index contributed by atoms with van der Waals surface area (Å²) in [5.41, 5.74) is 0. The van der Waals surface area contributed by atoms with Gasteiger partial charge in [0.1, 0.15) is 10.5 Å². The molecule has 0 saturated heterocycles. The number of aliphatic hydroxyl groups is 2. The molecular weight excluding hydrogens is 709 g/mol. The minimum atomic E-state index is -4.28. The maximum Gasteiger partial charge on any atom is 0.270 e. The molecule has 0 saturated carbocycles. The number of amides is 2. The van der Waals surface area contributed by atoms with Crippen LogP contribution in [0.5, 0.6) is 0 Å². The maximum atomic E-state index is 12.1. The smallest absolute Gasteiger partial charge is 0.270 e. The van der Waals surface area contributed by atoms with Gasteiger partial charge < -0.3 is 20.8 Å². The Morgan fingerprint density at radius 3 is 1.21 bits per heavy atom. The van der Waals surface area contributed by atoms with Crippen LogP contribution in [0.4, 0.5) is 0 Å². The molecule has 2 amide bonds. The van der Waals surface area contributed by atoms with Crippen LogP contribution in [0.2, 0.25) is 0 Å². The van der Waals surface area contributed by atoms with Crippen molar-refractivity contribution in [1.82, 2.24) is 10.6 Å². The molecule has 0 aliphatic heterocycles. The molecule has 306 valence electrons. The number of rotatable bonds is 35. The minimum absolute atomic E-state index is 0.0237. The van der Waals surface area contributed by atoms with Crippen molar-refractivity contribution >= 4 is 32.1 Å². The largest absolute Gasteiger partial charge is 0.391 e. The molecule has 52 heavy (non-hydrogen) atoms. The number of hydrogen-bond donors (Lipinski definition) is 6. The van der Waals surface area contributed by atoms with Crippen LogP contribution < -0.4 is 10.6 Å². The zero-order valence-electron chi connectivity index (χ0n) is 32.1. The summed E-state index contributed by atoms with van der Waals surface area (Å²) in [7, 11) is -8.57. The second-order valence-electron chi connectivity index (χ2n) is 14.0. The van der Waals surface area contributed by atoms with Crippen LogP contribution in [0, 0.1) is 0 Å². The molecule has 4 unspecified atom stereocenters. The molecule has 0 rings (SSSR count). The molecule has 14 heteroatoms. The molecule has 0 bridgehead atoms. The average Bonchev–Trinajstić information content (AvgIpc) is 3.07. The zero-order valence-corrected chi connectivity index (χ0v) is 33.7. The van der Waals surface area contributed by atoms with E-state index in [1.165, 1.54) is 0 Å². The lowest BCUT2D eigenvalue weighted by Crippen LogP contribution is -2.34. The second kappa shape index (κ2) is 31.5. The van der Waals surface area contributed by atoms with Crippen molar-refractivity contribution in [3.8, 4) is 0 Å². The van der Waals surface area contributed by atoms with Crippen molar-refractivity contribution in [1.29, 1.82) is 0 Å². The fraction of sp³-hybridized carbons (Fsp3) is 0.842. The molecule has 0 fully saturated rings. The second-order valence-corrected chi connectivity index (χ2v) is 17.2. The third-order valence-corrected chi connectivity index (χ3v) is 11.8. The van der Waals surface area contributed by atoms with E-state index >= 15 is 0 Å². The summed E-state index contributed by atoms with van der Waals surface area (Å²) in [6.45, 7) is 4.81. The SMILES string of the molecule is CCCCCC(C(O)C/C=C/CCCCCCCC(=O)NCCNC(=O)CCCCCCC/C=C/CC(O)C(CCCCC)S(=O)(=O)O)S(=O)(=O)O. The van der Waals surface area contributed by atoms with Gasteiger partial charge in [-0.15, -0.1) is 0 Å². The van der Waals surface area contributed by atoms with E-state index in [1.54, 1.807) is 12.2 Å². The Morgan fingerprint density at radius 2 is 0.865 bits per heavy atom. The molecule has 0 aliphatic rings. The van der Waals surface area contributed by atoms with Crippen LogP contribution in [0.1, 0.15) is 168 Å². The summed E-state index contributed by atoms with van der Waals surface area (Å²) >= 11 is 0. The predicted octanol–water partition coefficient (Wildman–Crippen LogP) is 6.97. The van der Waals surface area contributed by atoms with Gasteiger partial charge in [0.15, 0.2) is 0 Å². The Hall–Kier alpha value is -1.84. The van der Waals surface area contributed by atoms with E-state index in [-0.39, 0.29) is 37.5 Å². The quantitative estimate of drug-likeness (QED) is 0.0221. The number of carbonyl (C=O) groups excluding carboxylic acids is 2. The van der Waals surface area contributed by atoms with Crippen molar-refractivity contribution in [2.24, 2.45) is 0 Å². The number of hydrogen-bond acceptors (Lipinski definition) is 8. The highest BCUT2D eigenvalue weighted by atomic mass is 32.2. The first-order chi connectivity index (χ1) is 24.7. The third kappa shape index (κ3) is 28.6. The van der Waals surface area contributed by atoms with Gasteiger partial charge in [0.25, 0.3) is 20.2 Å². The molecule has 0 aromatic carbocycles. The van der Waals surface area contributed by atoms with Gasteiger partial charge in [-0.1, -0.05) is 115 Å². The first-order valence-corrected chi connectivity index (χ1v) is 22.9. The summed E-state index contributed by atoms with van der Waals surface area (Å²) in [5.74, 6) is -0.0475. The molecule has 0 aliphatic carbocycles. The molecule has 6 N–H and O–H groups in total. The summed E-state index contributed by atoms with van der Waals surface area (Å²) in [4.78, 5) is 24.1. The minimum Gasteiger partial charge on any atom is -0.391 e. The van der Waals surface area contributed by atoms with Gasteiger partial charge in [0.05, 0.1) is 12.2 Å². The van der Waals surface area contributed by atoms with Crippen molar-refractivity contribution < 1.29 is 45.7 Å². The standard InChI is InChI=1S/C38H72N2O10S2/c1-3-5-19-27-35(51(45,46)47)33(41)25-21-15-11-7-9-13-17-23-29-37(43)39-31-32-40-38(44)30-24-18-14-10-8-12-16-22-26-34(42)36(52(48,49)50)28-20-6-4-2/h15-16,21-22,33-36,41-42H,3-14,17-20,23-32H2,1-2H3,(H,39,43)(H,40,44)(H,45,46,47)(H,48,49,50)/b21-15+,22-16+. The number of allylic oxidation sites excluding steroid dienone is 2. The monoisotopic (exact) mass is 780 g/mol. The molecule has 0 heterocycles. The fourth-order valence-electron chi connectivity index (χ4n) is 6.02. The molecule has 0 aromatic rings. The summed E-state index contributed by atoms with van der Waals surface area (Å²) in [5, 5.41) is 23.9. The molecule has 0 aromatic heterocycles. The van der Waals surface area contributed by atoms with Crippen molar-refractivity contribution in [3.63, 3.8) is 0 Å². The van der Waals surface area contributed by atoms with E-state index in [9.17, 15) is 45.7 Å². The van der Waals surface area contributed by atoms with Gasteiger partial charge in [0, 0.05) is 25.9 Å². The number of carbonyl (C=O) groups is 2. The van der Waals surface area contributed by atoms with E-state index < -0.39 is 42.9 Å². The first kappa shape index (κ1) is 50.2. The van der Waals surface area contributed by atoms with Crippen molar-refractivity contribution in [3.05, 3.63) is 24.3 Å². The lowest BCUT2D eigenvalue weighted by molar-refractivity contribution is -0.123. The van der Waals surface area contributed by atoms with Crippen LogP contribution in [0.15, 0.2) is 24.3 Å². The predicted molar refractivity (Wildman–Crippen MR) is 209 cm³/mol. The van der Waals surface area contributed by atoms with Gasteiger partial charge in [-0.3, -0.25) is 18.7 Å². The summed E-state index contributed by atoms with van der Waals surface area (Å²) in [6.07, 6.45) is 23.0. The van der Waals surface area contributed by atoms with Crippen LogP contribution in [-0.4, -0.2) is 83.8 Å². The van der Waals surface area contributed by atoms with Crippen LogP contribution >= 0.6 is 0 Å². The van der Waals surface area contributed by atoms with Crippen LogP contribution in [0.25, 0.3) is 0 Å². The third-order valence-electron chi connectivity index (χ3n) is 9.21. The Morgan fingerprint density at radius 1 is 0.519 bits per heavy atom. The number of nitrogens with one attached hydrogen (secondary N) is 2. The van der Waals surface area contributed by atoms with Gasteiger partial charge in [-0.05, 0) is 64.2 Å². The van der Waals surface area contributed by atoms with E-state index in [0.717, 1.165) is 103 Å². The Labute approximate surface area is 315 Å². The molecule has 0 radical (unpaired) electrons. The lowest BCUT2D eigenvalue weighted by Gasteiger charge is -2.19. The van der Waals surface area contributed by atoms with Crippen LogP contribution in [-0.2, 0) is 29.8 Å². The highest BCUT2D eigenvalue weighted by Crippen LogP contribution is 2.19. The molecule has 12 nitrogen and oxygen atoms in total. The first-order valence-electron chi connectivity index (χ1n) is 19.9. The molecule has 0 spiro atoms. The van der Waals surface area contributed by atoms with E-state index in [0.29, 0.717) is 38.8 Å². The maximum absolute atomic E-state index is 12.1. The number of unbranched alkanes of at least 4 members (excludes halogenated alkanes) is 14. The highest BCUT2D eigenvalue weighted by Gasteiger charge is 2.30. The lowest BCUT2D eigenvalue weighted by atomic mass is 10.1. The Balaban J connectivity index is 3.78. The van der Waals surface area contributed by atoms with E-state index in [1.807, 2.05) is 26.0 Å². The van der Waals surface area contributed by atoms with Gasteiger partial charge in [-0.2, -0.15) is 16.8 Å². The van der Waals surface area contributed by atoms with Crippen LogP contribution in [0.3, 0.4) is 0 Å². The summed E-state index contributed by atoms with van der Waals surface area (Å²) < 4.78 is 65.3. The van der Waals surface area contributed by atoms with Gasteiger partial charge in [-0.25, -0.2) is 0 Å². The van der Waals surface area contributed by atoms with Crippen molar-refractivity contribution in [2.45, 2.75) is 191 Å².